The maximum atomic E-state index is 12.7. The molecule has 0 saturated heterocycles. The molecular weight excluding hydrogens is 422 g/mol. The number of nitriles is 1. The van der Waals surface area contributed by atoms with Crippen molar-refractivity contribution in [3.8, 4) is 6.07 Å². The second-order valence-electron chi connectivity index (χ2n) is 8.92. The Labute approximate surface area is 199 Å². The van der Waals surface area contributed by atoms with E-state index in [1.165, 1.54) is 11.1 Å². The third-order valence-corrected chi connectivity index (χ3v) is 6.35. The summed E-state index contributed by atoms with van der Waals surface area (Å²) in [7, 11) is 2.16. The van der Waals surface area contributed by atoms with E-state index in [2.05, 4.69) is 64.0 Å². The van der Waals surface area contributed by atoms with Crippen molar-refractivity contribution in [2.24, 2.45) is 0 Å². The molecule has 0 radical (unpaired) electrons. The van der Waals surface area contributed by atoms with E-state index < -0.39 is 0 Å². The number of hydrogen-bond donors (Lipinski definition) is 3. The van der Waals surface area contributed by atoms with Crippen LogP contribution in [0.2, 0.25) is 0 Å². The Kier molecular flexibility index (Phi) is 6.03. The van der Waals surface area contributed by atoms with Gasteiger partial charge in [-0.3, -0.25) is 4.79 Å². The van der Waals surface area contributed by atoms with Gasteiger partial charge in [0.25, 0.3) is 5.91 Å². The predicted octanol–water partition coefficient (Wildman–Crippen LogP) is 4.57. The maximum Gasteiger partial charge on any atom is 0.267 e. The van der Waals surface area contributed by atoms with Crippen LogP contribution in [0.1, 0.15) is 38.3 Å². The fourth-order valence-corrected chi connectivity index (χ4v) is 4.46. The van der Waals surface area contributed by atoms with Crippen molar-refractivity contribution in [1.82, 2.24) is 15.2 Å². The summed E-state index contributed by atoms with van der Waals surface area (Å²) >= 11 is 0. The molecule has 1 amide bonds. The molecule has 6 heteroatoms. The van der Waals surface area contributed by atoms with E-state index in [-0.39, 0.29) is 5.91 Å². The van der Waals surface area contributed by atoms with Gasteiger partial charge in [0.1, 0.15) is 5.69 Å². The number of H-pyrrole nitrogens is 1. The average molecular weight is 450 g/mol. The van der Waals surface area contributed by atoms with Crippen molar-refractivity contribution < 1.29 is 4.79 Å². The molecule has 170 valence electrons. The molecule has 3 N–H and O–H groups in total. The van der Waals surface area contributed by atoms with Crippen molar-refractivity contribution in [1.29, 1.82) is 5.26 Å². The number of nitrogens with zero attached hydrogens (tertiary/aromatic N) is 2. The van der Waals surface area contributed by atoms with Gasteiger partial charge < -0.3 is 20.5 Å². The first-order valence-corrected chi connectivity index (χ1v) is 11.5. The van der Waals surface area contributed by atoms with Crippen LogP contribution in [-0.2, 0) is 26.1 Å². The van der Waals surface area contributed by atoms with Gasteiger partial charge in [0, 0.05) is 42.8 Å². The zero-order valence-corrected chi connectivity index (χ0v) is 19.2. The number of benzene rings is 3. The minimum atomic E-state index is -0.169. The monoisotopic (exact) mass is 449 g/mol. The van der Waals surface area contributed by atoms with Crippen molar-refractivity contribution in [2.45, 2.75) is 26.1 Å². The minimum Gasteiger partial charge on any atom is -0.381 e. The number of carbonyl (C=O) groups is 1. The number of likely N-dealkylation sites (N-methyl/N-ethyl adjacent to an activating group) is 1. The van der Waals surface area contributed by atoms with Gasteiger partial charge in [-0.1, -0.05) is 36.4 Å². The number of nitrogens with one attached hydrogen (secondary N) is 3. The molecule has 34 heavy (non-hydrogen) atoms. The second kappa shape index (κ2) is 9.42. The molecule has 0 unspecified atom stereocenters. The molecule has 0 saturated carbocycles. The summed E-state index contributed by atoms with van der Waals surface area (Å²) in [6, 6.07) is 24.2. The molecule has 0 spiro atoms. The molecule has 0 aliphatic carbocycles. The van der Waals surface area contributed by atoms with E-state index in [0.717, 1.165) is 53.8 Å². The van der Waals surface area contributed by atoms with E-state index >= 15 is 0 Å². The van der Waals surface area contributed by atoms with Crippen LogP contribution in [0, 0.1) is 11.3 Å². The van der Waals surface area contributed by atoms with Gasteiger partial charge in [-0.25, -0.2) is 0 Å². The highest BCUT2D eigenvalue weighted by molar-refractivity contribution is 5.98. The molecule has 2 heterocycles. The minimum absolute atomic E-state index is 0.169. The summed E-state index contributed by atoms with van der Waals surface area (Å²) in [6.45, 7) is 3.28. The van der Waals surface area contributed by atoms with Crippen molar-refractivity contribution in [2.75, 3.05) is 18.9 Å². The summed E-state index contributed by atoms with van der Waals surface area (Å²) in [4.78, 5) is 18.1. The van der Waals surface area contributed by atoms with Gasteiger partial charge in [0.15, 0.2) is 0 Å². The molecule has 1 aromatic heterocycles. The Morgan fingerprint density at radius 3 is 2.74 bits per heavy atom. The molecule has 0 bridgehead atoms. The van der Waals surface area contributed by atoms with Crippen LogP contribution in [0.3, 0.4) is 0 Å². The average Bonchev–Trinajstić information content (AvgIpc) is 3.29. The Morgan fingerprint density at radius 1 is 1.03 bits per heavy atom. The van der Waals surface area contributed by atoms with E-state index in [9.17, 15) is 4.79 Å². The number of aromatic amines is 1. The third kappa shape index (κ3) is 4.80. The quantitative estimate of drug-likeness (QED) is 0.403. The predicted molar refractivity (Wildman–Crippen MR) is 134 cm³/mol. The number of aromatic nitrogens is 1. The fraction of sp³-hybridized carbons (Fsp3) is 0.214. The van der Waals surface area contributed by atoms with Gasteiger partial charge in [-0.05, 0) is 66.1 Å². The first kappa shape index (κ1) is 21.7. The zero-order valence-electron chi connectivity index (χ0n) is 19.2. The Hall–Kier alpha value is -4.08. The van der Waals surface area contributed by atoms with Gasteiger partial charge >= 0.3 is 0 Å². The first-order valence-electron chi connectivity index (χ1n) is 11.5. The van der Waals surface area contributed by atoms with Gasteiger partial charge in [-0.15, -0.1) is 0 Å². The van der Waals surface area contributed by atoms with E-state index in [0.29, 0.717) is 17.8 Å². The number of carbonyl (C=O) groups excluding carboxylic acids is 1. The van der Waals surface area contributed by atoms with Crippen LogP contribution in [-0.4, -0.2) is 29.4 Å². The molecular formula is C28H27N5O. The number of hydrogen-bond acceptors (Lipinski definition) is 4. The van der Waals surface area contributed by atoms with E-state index in [1.807, 2.05) is 24.3 Å². The number of fused-ring (bicyclic) bond motifs is 2. The fourth-order valence-electron chi connectivity index (χ4n) is 4.46. The van der Waals surface area contributed by atoms with Gasteiger partial charge in [0.2, 0.25) is 0 Å². The maximum absolute atomic E-state index is 12.7. The van der Waals surface area contributed by atoms with Gasteiger partial charge in [-0.2, -0.15) is 5.26 Å². The molecule has 1 aliphatic heterocycles. The lowest BCUT2D eigenvalue weighted by atomic mass is 9.99. The molecule has 6 nitrogen and oxygen atoms in total. The topological polar surface area (TPSA) is 83.9 Å². The Morgan fingerprint density at radius 2 is 1.88 bits per heavy atom. The summed E-state index contributed by atoms with van der Waals surface area (Å²) in [5.74, 6) is -0.169. The van der Waals surface area contributed by atoms with Crippen LogP contribution in [0.5, 0.6) is 0 Å². The molecule has 0 fully saturated rings. The second-order valence-corrected chi connectivity index (χ2v) is 8.92. The number of anilines is 1. The van der Waals surface area contributed by atoms with Crippen LogP contribution in [0.4, 0.5) is 5.69 Å². The van der Waals surface area contributed by atoms with Crippen LogP contribution in [0.15, 0.2) is 66.7 Å². The summed E-state index contributed by atoms with van der Waals surface area (Å²) in [5.41, 5.74) is 8.02. The van der Waals surface area contributed by atoms with E-state index in [4.69, 9.17) is 5.26 Å². The lowest BCUT2D eigenvalue weighted by Crippen LogP contribution is -2.26. The Balaban J connectivity index is 1.20. The number of amides is 1. The lowest BCUT2D eigenvalue weighted by Gasteiger charge is -2.25. The molecule has 0 atom stereocenters. The highest BCUT2D eigenvalue weighted by Gasteiger charge is 2.13. The molecule has 4 aromatic rings. The van der Waals surface area contributed by atoms with E-state index in [1.54, 1.807) is 12.1 Å². The highest BCUT2D eigenvalue weighted by Crippen LogP contribution is 2.22. The smallest absolute Gasteiger partial charge is 0.267 e. The highest BCUT2D eigenvalue weighted by atomic mass is 16.1. The SMILES string of the molecule is CN1CCc2ccc(NCc3cccc(CNC(=O)c4cc5ccc(C#N)cc5[nH]4)c3)cc2C1. The van der Waals surface area contributed by atoms with Crippen molar-refractivity contribution >= 4 is 22.5 Å². The molecule has 1 aliphatic rings. The third-order valence-electron chi connectivity index (χ3n) is 6.35. The van der Waals surface area contributed by atoms with Crippen LogP contribution in [0.25, 0.3) is 10.9 Å². The summed E-state index contributed by atoms with van der Waals surface area (Å²) < 4.78 is 0. The molecule has 3 aromatic carbocycles. The first-order chi connectivity index (χ1) is 16.6. The largest absolute Gasteiger partial charge is 0.381 e. The molecule has 5 rings (SSSR count). The lowest BCUT2D eigenvalue weighted by molar-refractivity contribution is 0.0946. The normalized spacial score (nSPS) is 13.3. The van der Waals surface area contributed by atoms with Crippen LogP contribution < -0.4 is 10.6 Å². The van der Waals surface area contributed by atoms with Crippen LogP contribution >= 0.6 is 0 Å². The van der Waals surface area contributed by atoms with Gasteiger partial charge in [0.05, 0.1) is 11.6 Å². The zero-order chi connectivity index (χ0) is 23.5. The summed E-state index contributed by atoms with van der Waals surface area (Å²) in [5, 5.41) is 16.5. The standard InChI is InChI=1S/C28H27N5O/c1-33-10-9-22-7-8-25(13-24(22)18-33)30-16-20-3-2-4-21(11-20)17-31-28(34)27-14-23-6-5-19(15-29)12-26(23)32-27/h2-8,11-14,30,32H,9-10,16-18H2,1H3,(H,31,34). The van der Waals surface area contributed by atoms with Crippen molar-refractivity contribution in [3.05, 3.63) is 100 Å². The number of rotatable bonds is 6. The van der Waals surface area contributed by atoms with Crippen molar-refractivity contribution in [3.63, 3.8) is 0 Å². The Bertz CT molecular complexity index is 1400. The summed E-state index contributed by atoms with van der Waals surface area (Å²) in [6.07, 6.45) is 1.11.